The van der Waals surface area contributed by atoms with E-state index in [1.807, 2.05) is 60.6 Å². The van der Waals surface area contributed by atoms with Crippen LogP contribution in [0.2, 0.25) is 26.2 Å². The summed E-state index contributed by atoms with van der Waals surface area (Å²) in [6.07, 6.45) is -1.82. The molecule has 4 unspecified atom stereocenters. The molecule has 0 radical (unpaired) electrons. The maximum Gasteiger partial charge on any atom is 0.392 e. The van der Waals surface area contributed by atoms with Crippen molar-refractivity contribution in [1.82, 2.24) is 10.6 Å². The van der Waals surface area contributed by atoms with Gasteiger partial charge in [-0.15, -0.1) is 62.0 Å². The first-order valence-electron chi connectivity index (χ1n) is 22.8. The van der Waals surface area contributed by atoms with Gasteiger partial charge in [0.25, 0.3) is 0 Å². The minimum Gasteiger partial charge on any atom is -0.527 e. The van der Waals surface area contributed by atoms with E-state index < -0.39 is 64.5 Å². The minimum atomic E-state index is -4.78. The van der Waals surface area contributed by atoms with Gasteiger partial charge in [-0.05, 0) is 20.0 Å². The monoisotopic (exact) mass is 2160 g/mol. The van der Waals surface area contributed by atoms with Crippen molar-refractivity contribution in [3.63, 3.8) is 0 Å². The molecule has 0 bridgehead atoms. The van der Waals surface area contributed by atoms with E-state index in [0.717, 1.165) is 17.3 Å². The molecule has 0 aromatic heterocycles. The Bertz CT molecular complexity index is 1730. The third-order valence-electron chi connectivity index (χ3n) is 11.3. The number of carbonyl (C=O) groups excluding carboxylic acids is 4. The molecule has 4 atom stereocenters. The average Bonchev–Trinajstić information content (AvgIpc) is 3.33. The van der Waals surface area contributed by atoms with Crippen LogP contribution >= 0.6 is 0 Å². The van der Waals surface area contributed by atoms with Crippen molar-refractivity contribution in [1.29, 1.82) is 0 Å². The van der Waals surface area contributed by atoms with E-state index >= 15 is 0 Å². The molecule has 0 spiro atoms. The fraction of sp³-hybridized carbons (Fsp3) is 0.529. The molecule has 2 N–H and O–H groups in total. The molecule has 3 rings (SSSR count). The van der Waals surface area contributed by atoms with E-state index in [9.17, 15) is 71.9 Å². The van der Waals surface area contributed by atoms with Crippen LogP contribution in [0.1, 0.15) is 66.7 Å². The van der Waals surface area contributed by atoms with Crippen LogP contribution in [-0.4, -0.2) is 93.7 Å². The summed E-state index contributed by atoms with van der Waals surface area (Å²) in [6, 6.07) is 16.0. The van der Waals surface area contributed by atoms with Gasteiger partial charge >= 0.3 is 24.7 Å². The first-order chi connectivity index (χ1) is 33.4. The second kappa shape index (κ2) is 40.3. The second-order valence-electron chi connectivity index (χ2n) is 17.9. The maximum atomic E-state index is 11.7. The Balaban J connectivity index is -0.000000122. The van der Waals surface area contributed by atoms with Gasteiger partial charge in [0.1, 0.15) is 16.1 Å². The zero-order chi connectivity index (χ0) is 58.0. The molecular weight excluding hydrogens is 2080 g/mol. The van der Waals surface area contributed by atoms with Crippen LogP contribution in [0.25, 0.3) is 0 Å². The number of nitrogens with one attached hydrogen (secondary N) is 2. The first kappa shape index (κ1) is 84.7. The summed E-state index contributed by atoms with van der Waals surface area (Å²) >= 11 is 0. The van der Waals surface area contributed by atoms with Gasteiger partial charge < -0.3 is 39.6 Å². The largest absolute Gasteiger partial charge is 0.527 e. The van der Waals surface area contributed by atoms with Crippen molar-refractivity contribution < 1.29 is 71.9 Å². The molecule has 77 heavy (non-hydrogen) atoms. The third kappa shape index (κ3) is 37.3. The maximum absolute atomic E-state index is 11.7. The molecule has 26 heteroatoms. The molecule has 0 saturated heterocycles. The summed E-state index contributed by atoms with van der Waals surface area (Å²) in [5.74, 6) is -8.36. The Morgan fingerprint density at radius 1 is 0.545 bits per heavy atom. The van der Waals surface area contributed by atoms with E-state index in [1.54, 1.807) is 26.2 Å². The number of hydrogen-bond acceptors (Lipinski definition) is 4. The number of halogens is 12. The van der Waals surface area contributed by atoms with Crippen LogP contribution < -0.4 is 30.8 Å². The number of amides is 4. The van der Waals surface area contributed by atoms with Crippen molar-refractivity contribution >= 4 is 63.5 Å². The average molecular weight is 2160 g/mol. The normalized spacial score (nSPS) is 13.5. The SMILES string of the molecule is C=CCN[C-]=O.C=CCN[C-]=O.C=C[Si](C)(C)c1cccc(N(C)[C-]=O)c1.C=C[Si](C)(C)c1cccc(N(C)[C-]=O)c1.CC(C(C)C(F)(F)F)C(F)(F)F.CC(C(C)C(F)(F)F)C(F)(F)F.CC1CCCCC1.[Rf].[Rf].[Rf].[Rf]. The van der Waals surface area contributed by atoms with Crippen LogP contribution in [0.5, 0.6) is 0 Å². The van der Waals surface area contributed by atoms with E-state index in [1.165, 1.54) is 65.1 Å². The summed E-state index contributed by atoms with van der Waals surface area (Å²) in [6.45, 7) is 28.8. The summed E-state index contributed by atoms with van der Waals surface area (Å²) in [7, 11) is 0.334. The Hall–Kier alpha value is -9.13. The van der Waals surface area contributed by atoms with E-state index in [2.05, 4.69) is 82.2 Å². The van der Waals surface area contributed by atoms with Gasteiger partial charge in [0.2, 0.25) is 0 Å². The standard InChI is InChI=1S/2C12H16NOSi.C7H14.2C6H8F6.2C4H6NO.4Rf/c2*1-5-15(3,4)12-8-6-7-11(9-12)13(2)10-14;1-7-5-3-2-4-6-7;2*1-3(5(7,8)9)4(2)6(10,11)12;2*1-2-3-5-4-6;;;;/h2*5-9H,1H2,2-4H3;7H,2-6H2,1H3;2*3-4H,1-2H3;2*2H,1,3H2,(H,5,6);;;;/q2*-1;;;;2*-1;;;;. The van der Waals surface area contributed by atoms with Gasteiger partial charge in [0, 0.05) is 13.1 Å². The Morgan fingerprint density at radius 3 is 0.961 bits per heavy atom. The number of nitrogens with zero attached hydrogens (tertiary/aromatic N) is 2. The second-order valence-corrected chi connectivity index (χ2v) is 26.7. The van der Waals surface area contributed by atoms with Crippen LogP contribution in [0.4, 0.5) is 64.1 Å². The van der Waals surface area contributed by atoms with Crippen molar-refractivity contribution in [3.05, 3.63) is 98.4 Å². The zero-order valence-electron chi connectivity index (χ0n) is 46.5. The van der Waals surface area contributed by atoms with Gasteiger partial charge in [-0.2, -0.15) is 65.5 Å². The molecule has 426 valence electrons. The molecule has 1 saturated carbocycles. The number of alkyl halides is 12. The van der Waals surface area contributed by atoms with Gasteiger partial charge in [0.15, 0.2) is 0 Å². The predicted octanol–water partition coefficient (Wildman–Crippen LogP) is 12.7. The molecule has 0 heterocycles. The molecule has 4 amide bonds. The number of rotatable bonds is 16. The number of anilines is 2. The fourth-order valence-electron chi connectivity index (χ4n) is 5.24. The summed E-state index contributed by atoms with van der Waals surface area (Å²) < 4.78 is 141. The van der Waals surface area contributed by atoms with Crippen LogP contribution in [0, 0.1) is 29.6 Å². The minimum absolute atomic E-state index is 0. The molecule has 1 fully saturated rings. The van der Waals surface area contributed by atoms with Gasteiger partial charge in [-0.25, -0.2) is 0 Å². The van der Waals surface area contributed by atoms with E-state index in [-0.39, 0.29) is 0 Å². The molecule has 2 aromatic carbocycles. The Morgan fingerprint density at radius 2 is 0.805 bits per heavy atom. The van der Waals surface area contributed by atoms with E-state index in [0.29, 0.717) is 40.8 Å². The third-order valence-corrected chi connectivity index (χ3v) is 17.0. The fourth-order valence-corrected chi connectivity index (χ4v) is 7.80. The summed E-state index contributed by atoms with van der Waals surface area (Å²) in [4.78, 5) is 42.5. The molecular formula is C51H74F12N4O4Rf4Si2-4. The Kier molecular flexibility index (Phi) is 44.3. The van der Waals surface area contributed by atoms with Crippen molar-refractivity contribution in [2.45, 2.75) is 118 Å². The molecule has 2 aromatic rings. The topological polar surface area (TPSA) is 98.8 Å². The number of hydrogen-bond donors (Lipinski definition) is 2. The quantitative estimate of drug-likeness (QED) is 0.0437. The van der Waals surface area contributed by atoms with Gasteiger partial charge in [-0.3, -0.25) is 0 Å². The van der Waals surface area contributed by atoms with Crippen molar-refractivity contribution in [2.24, 2.45) is 29.6 Å². The van der Waals surface area contributed by atoms with Crippen molar-refractivity contribution in [3.8, 4) is 0 Å². The molecule has 1 aliphatic rings. The van der Waals surface area contributed by atoms with Crippen LogP contribution in [0.3, 0.4) is 0 Å². The molecule has 8 nitrogen and oxygen atoms in total. The van der Waals surface area contributed by atoms with Gasteiger partial charge in [0.05, 0.1) is 36.5 Å². The van der Waals surface area contributed by atoms with Crippen molar-refractivity contribution in [2.75, 3.05) is 37.0 Å². The van der Waals surface area contributed by atoms with Crippen LogP contribution in [0.15, 0.2) is 98.4 Å². The zero-order valence-corrected chi connectivity index (χ0v) is 74.1. The summed E-state index contributed by atoms with van der Waals surface area (Å²) in [5.41, 5.74) is 5.84. The van der Waals surface area contributed by atoms with Crippen LogP contribution in [-0.2, 0) is 19.2 Å². The summed E-state index contributed by atoms with van der Waals surface area (Å²) in [5, 5.41) is 7.10. The van der Waals surface area contributed by atoms with E-state index in [4.69, 9.17) is 0 Å². The number of benzene rings is 2. The molecule has 0 aliphatic heterocycles. The smallest absolute Gasteiger partial charge is 0.392 e. The molecule has 1 aliphatic carbocycles. The van der Waals surface area contributed by atoms with Gasteiger partial charge in [-0.1, -0.05) is 151 Å². The first-order valence-corrected chi connectivity index (χ1v) is 28.9. The predicted molar refractivity (Wildman–Crippen MR) is 277 cm³/mol. The Labute approximate surface area is 427 Å².